The summed E-state index contributed by atoms with van der Waals surface area (Å²) in [5.41, 5.74) is -0.778. The van der Waals surface area contributed by atoms with Gasteiger partial charge < -0.3 is 33.9 Å². The highest BCUT2D eigenvalue weighted by atomic mass is 16.7. The van der Waals surface area contributed by atoms with Crippen LogP contribution in [0.25, 0.3) is 0 Å². The molecule has 0 bridgehead atoms. The van der Waals surface area contributed by atoms with Crippen LogP contribution in [0.3, 0.4) is 0 Å². The van der Waals surface area contributed by atoms with Gasteiger partial charge in [0.2, 0.25) is 0 Å². The molecule has 1 heterocycles. The van der Waals surface area contributed by atoms with E-state index in [1.165, 1.54) is 14.2 Å². The van der Waals surface area contributed by atoms with Crippen LogP contribution in [-0.2, 0) is 25.3 Å². The summed E-state index contributed by atoms with van der Waals surface area (Å²) >= 11 is 0. The first-order chi connectivity index (χ1) is 14.6. The summed E-state index contributed by atoms with van der Waals surface area (Å²) in [6, 6.07) is 2.14. The van der Waals surface area contributed by atoms with Crippen LogP contribution in [0.1, 0.15) is 54.0 Å². The summed E-state index contributed by atoms with van der Waals surface area (Å²) in [5.74, 6) is -0.331. The fourth-order valence-corrected chi connectivity index (χ4v) is 3.17. The molecule has 32 heavy (non-hydrogen) atoms. The summed E-state index contributed by atoms with van der Waals surface area (Å²) in [6.45, 7) is 12.8. The van der Waals surface area contributed by atoms with Crippen molar-refractivity contribution < 1.29 is 38.2 Å². The molecule has 1 saturated heterocycles. The van der Waals surface area contributed by atoms with Crippen LogP contribution in [0.15, 0.2) is 12.1 Å². The van der Waals surface area contributed by atoms with E-state index >= 15 is 0 Å². The molecule has 9 nitrogen and oxygen atoms in total. The molecule has 1 aromatic rings. The van der Waals surface area contributed by atoms with Gasteiger partial charge in [-0.1, -0.05) is 0 Å². The maximum absolute atomic E-state index is 12.2. The summed E-state index contributed by atoms with van der Waals surface area (Å²) in [7, 11) is 2.24. The number of carbonyl (C=O) groups is 2. The first kappa shape index (κ1) is 25.8. The first-order valence-electron chi connectivity index (χ1n) is 10.4. The van der Waals surface area contributed by atoms with Crippen molar-refractivity contribution in [2.75, 3.05) is 14.2 Å². The monoisotopic (exact) mass is 451 g/mol. The molecule has 1 aliphatic heterocycles. The molecule has 1 atom stereocenters. The van der Waals surface area contributed by atoms with Gasteiger partial charge in [-0.05, 0) is 71.6 Å². The maximum atomic E-state index is 12.2. The summed E-state index contributed by atoms with van der Waals surface area (Å²) in [6.07, 6.45) is -0.864. The SMILES string of the molecule is COc1cc(CC(NC(=O)OC(C)(C)C)C(=O)O)c(B2OC(C)(C)C(C)(C)O2)cc1OC. The van der Waals surface area contributed by atoms with Gasteiger partial charge in [0.05, 0.1) is 25.4 Å². The van der Waals surface area contributed by atoms with Crippen molar-refractivity contribution in [2.24, 2.45) is 0 Å². The van der Waals surface area contributed by atoms with E-state index in [0.29, 0.717) is 22.5 Å². The Morgan fingerprint density at radius 2 is 1.56 bits per heavy atom. The van der Waals surface area contributed by atoms with E-state index in [2.05, 4.69) is 5.32 Å². The van der Waals surface area contributed by atoms with Crippen molar-refractivity contribution in [3.63, 3.8) is 0 Å². The van der Waals surface area contributed by atoms with Crippen LogP contribution in [0.2, 0.25) is 0 Å². The second-order valence-electron chi connectivity index (χ2n) is 9.74. The molecular weight excluding hydrogens is 417 g/mol. The Labute approximate surface area is 189 Å². The molecule has 1 aliphatic rings. The largest absolute Gasteiger partial charge is 0.495 e. The average molecular weight is 451 g/mol. The van der Waals surface area contributed by atoms with E-state index in [4.69, 9.17) is 23.5 Å². The van der Waals surface area contributed by atoms with E-state index in [1.54, 1.807) is 32.9 Å². The molecule has 10 heteroatoms. The van der Waals surface area contributed by atoms with Gasteiger partial charge in [-0.25, -0.2) is 9.59 Å². The third kappa shape index (κ3) is 5.86. The zero-order chi connectivity index (χ0) is 24.5. The number of alkyl carbamates (subject to hydrolysis) is 1. The van der Waals surface area contributed by atoms with Crippen molar-refractivity contribution in [3.05, 3.63) is 17.7 Å². The number of hydrogen-bond donors (Lipinski definition) is 2. The van der Waals surface area contributed by atoms with Crippen LogP contribution < -0.4 is 20.3 Å². The zero-order valence-corrected chi connectivity index (χ0v) is 20.3. The van der Waals surface area contributed by atoms with Gasteiger partial charge in [-0.15, -0.1) is 0 Å². The van der Waals surface area contributed by atoms with E-state index in [0.717, 1.165) is 0 Å². The number of carbonyl (C=O) groups excluding carboxylic acids is 1. The Morgan fingerprint density at radius 3 is 2.00 bits per heavy atom. The van der Waals surface area contributed by atoms with Gasteiger partial charge in [0.15, 0.2) is 11.5 Å². The minimum absolute atomic E-state index is 0.0473. The van der Waals surface area contributed by atoms with Crippen LogP contribution in [0.4, 0.5) is 4.79 Å². The quantitative estimate of drug-likeness (QED) is 0.609. The molecule has 0 radical (unpaired) electrons. The summed E-state index contributed by atoms with van der Waals surface area (Å²) in [4.78, 5) is 24.1. The first-order valence-corrected chi connectivity index (χ1v) is 10.4. The Kier molecular flexibility index (Phi) is 7.41. The van der Waals surface area contributed by atoms with Crippen LogP contribution in [0, 0.1) is 0 Å². The Morgan fingerprint density at radius 1 is 1.06 bits per heavy atom. The zero-order valence-electron chi connectivity index (χ0n) is 20.3. The molecular formula is C22H34BNO8. The number of rotatable bonds is 7. The normalized spacial score (nSPS) is 18.1. The van der Waals surface area contributed by atoms with E-state index in [-0.39, 0.29) is 6.42 Å². The lowest BCUT2D eigenvalue weighted by atomic mass is 9.74. The minimum Gasteiger partial charge on any atom is -0.493 e. The fraction of sp³-hybridized carbons (Fsp3) is 0.636. The van der Waals surface area contributed by atoms with Gasteiger partial charge in [-0.3, -0.25) is 0 Å². The van der Waals surface area contributed by atoms with Crippen LogP contribution in [-0.4, -0.2) is 61.4 Å². The standard InChI is InChI=1S/C22H34BNO8/c1-20(2,3)30-19(27)24-15(18(25)26)10-13-11-16(28-8)17(29-9)12-14(13)23-31-21(4,5)22(6,7)32-23/h11-12,15H,10H2,1-9H3,(H,24,27)(H,25,26). The molecule has 0 spiro atoms. The summed E-state index contributed by atoms with van der Waals surface area (Å²) in [5, 5.41) is 12.2. The van der Waals surface area contributed by atoms with E-state index < -0.39 is 42.0 Å². The molecule has 2 N–H and O–H groups in total. The van der Waals surface area contributed by atoms with Gasteiger partial charge in [0, 0.05) is 6.42 Å². The lowest BCUT2D eigenvalue weighted by Gasteiger charge is -2.32. The number of hydrogen-bond acceptors (Lipinski definition) is 7. The highest BCUT2D eigenvalue weighted by Gasteiger charge is 2.52. The topological polar surface area (TPSA) is 113 Å². The predicted octanol–water partition coefficient (Wildman–Crippen LogP) is 2.52. The minimum atomic E-state index is -1.25. The van der Waals surface area contributed by atoms with Gasteiger partial charge in [0.25, 0.3) is 0 Å². The fourth-order valence-electron chi connectivity index (χ4n) is 3.17. The van der Waals surface area contributed by atoms with Crippen molar-refractivity contribution >= 4 is 24.6 Å². The molecule has 1 unspecified atom stereocenters. The number of nitrogens with one attached hydrogen (secondary N) is 1. The smallest absolute Gasteiger partial charge is 0.493 e. The molecule has 0 aromatic heterocycles. The van der Waals surface area contributed by atoms with Gasteiger partial charge in [0.1, 0.15) is 11.6 Å². The number of carboxylic acid groups (broad SMARTS) is 1. The number of aliphatic carboxylic acids is 1. The van der Waals surface area contributed by atoms with Crippen molar-refractivity contribution in [1.82, 2.24) is 5.32 Å². The molecule has 2 rings (SSSR count). The molecule has 1 amide bonds. The second-order valence-corrected chi connectivity index (χ2v) is 9.74. The molecule has 1 fully saturated rings. The predicted molar refractivity (Wildman–Crippen MR) is 120 cm³/mol. The number of benzene rings is 1. The van der Waals surface area contributed by atoms with E-state index in [9.17, 15) is 14.7 Å². The van der Waals surface area contributed by atoms with Gasteiger partial charge in [-0.2, -0.15) is 0 Å². The molecule has 0 aliphatic carbocycles. The number of methoxy groups -OCH3 is 2. The van der Waals surface area contributed by atoms with Crippen molar-refractivity contribution in [3.8, 4) is 11.5 Å². The third-order valence-corrected chi connectivity index (χ3v) is 5.57. The van der Waals surface area contributed by atoms with Crippen molar-refractivity contribution in [2.45, 2.75) is 77.7 Å². The van der Waals surface area contributed by atoms with Gasteiger partial charge >= 0.3 is 19.2 Å². The summed E-state index contributed by atoms with van der Waals surface area (Å²) < 4.78 is 28.4. The average Bonchev–Trinajstić information content (AvgIpc) is 2.86. The molecule has 1 aromatic carbocycles. The van der Waals surface area contributed by atoms with Crippen LogP contribution >= 0.6 is 0 Å². The molecule has 0 saturated carbocycles. The van der Waals surface area contributed by atoms with E-state index in [1.807, 2.05) is 27.7 Å². The molecule has 178 valence electrons. The number of carboxylic acids is 1. The Hall–Kier alpha value is -2.46. The number of amides is 1. The van der Waals surface area contributed by atoms with Crippen molar-refractivity contribution in [1.29, 1.82) is 0 Å². The maximum Gasteiger partial charge on any atom is 0.495 e. The highest BCUT2D eigenvalue weighted by Crippen LogP contribution is 2.38. The third-order valence-electron chi connectivity index (χ3n) is 5.57. The number of ether oxygens (including phenoxy) is 3. The highest BCUT2D eigenvalue weighted by molar-refractivity contribution is 6.62. The Balaban J connectivity index is 2.44. The van der Waals surface area contributed by atoms with Crippen LogP contribution in [0.5, 0.6) is 11.5 Å². The Bertz CT molecular complexity index is 846. The lowest BCUT2D eigenvalue weighted by Crippen LogP contribution is -2.46. The second kappa shape index (κ2) is 9.19. The lowest BCUT2D eigenvalue weighted by molar-refractivity contribution is -0.139.